The summed E-state index contributed by atoms with van der Waals surface area (Å²) in [6.07, 6.45) is 5.44. The summed E-state index contributed by atoms with van der Waals surface area (Å²) >= 11 is 7.35. The van der Waals surface area contributed by atoms with Gasteiger partial charge in [0.1, 0.15) is 10.1 Å². The van der Waals surface area contributed by atoms with Crippen LogP contribution in [0.2, 0.25) is 0 Å². The number of hydrogen-bond acceptors (Lipinski definition) is 4. The van der Waals surface area contributed by atoms with Crippen LogP contribution in [-0.4, -0.2) is 39.8 Å². The Morgan fingerprint density at radius 2 is 2.05 bits per heavy atom. The summed E-state index contributed by atoms with van der Waals surface area (Å²) in [5.74, 6) is 2.00. The SMILES string of the molecule is COc1ccccc1CN1CN(C2CCCC2)CSC1=S. The number of thioether (sulfide) groups is 1. The quantitative estimate of drug-likeness (QED) is 0.783. The molecule has 1 aromatic rings. The van der Waals surface area contributed by atoms with Crippen LogP contribution < -0.4 is 4.74 Å². The number of rotatable bonds is 4. The molecule has 0 radical (unpaired) electrons. The number of thiocarbonyl (C=S) groups is 1. The highest BCUT2D eigenvalue weighted by atomic mass is 32.2. The van der Waals surface area contributed by atoms with Gasteiger partial charge in [0.2, 0.25) is 0 Å². The number of benzene rings is 1. The van der Waals surface area contributed by atoms with Gasteiger partial charge in [0.05, 0.1) is 19.7 Å². The Morgan fingerprint density at radius 1 is 1.29 bits per heavy atom. The fourth-order valence-electron chi connectivity index (χ4n) is 3.19. The van der Waals surface area contributed by atoms with Crippen molar-refractivity contribution in [1.82, 2.24) is 9.80 Å². The molecule has 3 rings (SSSR count). The Balaban J connectivity index is 1.69. The molecule has 1 aliphatic carbocycles. The van der Waals surface area contributed by atoms with Crippen molar-refractivity contribution in [1.29, 1.82) is 0 Å². The van der Waals surface area contributed by atoms with E-state index in [4.69, 9.17) is 17.0 Å². The summed E-state index contributed by atoms with van der Waals surface area (Å²) in [7, 11) is 1.73. The molecule has 0 amide bonds. The highest BCUT2D eigenvalue weighted by Gasteiger charge is 2.29. The van der Waals surface area contributed by atoms with Crippen LogP contribution in [-0.2, 0) is 6.54 Å². The van der Waals surface area contributed by atoms with Crippen LogP contribution in [0.1, 0.15) is 31.2 Å². The topological polar surface area (TPSA) is 15.7 Å². The molecule has 0 unspecified atom stereocenters. The van der Waals surface area contributed by atoms with Gasteiger partial charge in [-0.2, -0.15) is 0 Å². The zero-order chi connectivity index (χ0) is 14.7. The lowest BCUT2D eigenvalue weighted by Gasteiger charge is -2.39. The highest BCUT2D eigenvalue weighted by Crippen LogP contribution is 2.30. The number of nitrogens with zero attached hydrogens (tertiary/aromatic N) is 2. The van der Waals surface area contributed by atoms with Gasteiger partial charge in [-0.05, 0) is 18.9 Å². The second-order valence-electron chi connectivity index (χ2n) is 5.72. The van der Waals surface area contributed by atoms with E-state index in [0.29, 0.717) is 0 Å². The molecule has 1 heterocycles. The smallest absolute Gasteiger partial charge is 0.138 e. The first-order chi connectivity index (χ1) is 10.3. The van der Waals surface area contributed by atoms with E-state index in [1.54, 1.807) is 18.9 Å². The van der Waals surface area contributed by atoms with Crippen molar-refractivity contribution >= 4 is 28.3 Å². The van der Waals surface area contributed by atoms with Crippen LogP contribution in [0.15, 0.2) is 24.3 Å². The van der Waals surface area contributed by atoms with Crippen molar-refractivity contribution in [3.05, 3.63) is 29.8 Å². The summed E-state index contributed by atoms with van der Waals surface area (Å²) in [5.41, 5.74) is 1.20. The third-order valence-corrected chi connectivity index (χ3v) is 5.94. The van der Waals surface area contributed by atoms with Crippen LogP contribution in [0.3, 0.4) is 0 Å². The molecule has 0 atom stereocenters. The number of ether oxygens (including phenoxy) is 1. The zero-order valence-electron chi connectivity index (χ0n) is 12.5. The predicted octanol–water partition coefficient (Wildman–Crippen LogP) is 3.69. The Kier molecular flexibility index (Phi) is 5.03. The normalized spacial score (nSPS) is 21.0. The Hall–Kier alpha value is -0.780. The van der Waals surface area contributed by atoms with E-state index >= 15 is 0 Å². The molecule has 1 saturated heterocycles. The maximum absolute atomic E-state index is 5.55. The monoisotopic (exact) mass is 322 g/mol. The third kappa shape index (κ3) is 3.52. The minimum Gasteiger partial charge on any atom is -0.496 e. The molecule has 2 aliphatic rings. The summed E-state index contributed by atoms with van der Waals surface area (Å²) in [6, 6.07) is 8.97. The predicted molar refractivity (Wildman–Crippen MR) is 92.6 cm³/mol. The lowest BCUT2D eigenvalue weighted by atomic mass is 10.2. The molecule has 21 heavy (non-hydrogen) atoms. The van der Waals surface area contributed by atoms with Crippen LogP contribution in [0.25, 0.3) is 0 Å². The first kappa shape index (κ1) is 15.1. The van der Waals surface area contributed by atoms with Crippen LogP contribution in [0.5, 0.6) is 5.75 Å². The first-order valence-electron chi connectivity index (χ1n) is 7.55. The van der Waals surface area contributed by atoms with Gasteiger partial charge in [0.25, 0.3) is 0 Å². The number of para-hydroxylation sites is 1. The van der Waals surface area contributed by atoms with Crippen molar-refractivity contribution in [2.45, 2.75) is 38.3 Å². The van der Waals surface area contributed by atoms with Crippen molar-refractivity contribution in [2.75, 3.05) is 19.7 Å². The van der Waals surface area contributed by atoms with E-state index in [1.807, 2.05) is 12.1 Å². The summed E-state index contributed by atoms with van der Waals surface area (Å²) in [4.78, 5) is 4.89. The molecule has 0 spiro atoms. The summed E-state index contributed by atoms with van der Waals surface area (Å²) in [5, 5.41) is 0. The van der Waals surface area contributed by atoms with Gasteiger partial charge in [0, 0.05) is 18.2 Å². The van der Waals surface area contributed by atoms with Gasteiger partial charge in [-0.1, -0.05) is 55.0 Å². The Bertz CT molecular complexity index is 503. The highest BCUT2D eigenvalue weighted by molar-refractivity contribution is 8.22. The maximum Gasteiger partial charge on any atom is 0.138 e. The standard InChI is InChI=1S/C16H22N2OS2/c1-19-15-9-5-2-6-13(15)10-17-11-18(12-21-16(17)20)14-7-3-4-8-14/h2,5-6,9,14H,3-4,7-8,10-12H2,1H3. The molecule has 114 valence electrons. The summed E-state index contributed by atoms with van der Waals surface area (Å²) in [6.45, 7) is 1.79. The first-order valence-corrected chi connectivity index (χ1v) is 8.95. The fourth-order valence-corrected chi connectivity index (χ4v) is 4.35. The van der Waals surface area contributed by atoms with Gasteiger partial charge >= 0.3 is 0 Å². The van der Waals surface area contributed by atoms with Gasteiger partial charge < -0.3 is 9.64 Å². The van der Waals surface area contributed by atoms with Gasteiger partial charge in [-0.3, -0.25) is 4.90 Å². The van der Waals surface area contributed by atoms with Crippen molar-refractivity contribution in [2.24, 2.45) is 0 Å². The molecule has 0 N–H and O–H groups in total. The van der Waals surface area contributed by atoms with Crippen LogP contribution >= 0.6 is 24.0 Å². The average molecular weight is 322 g/mol. The van der Waals surface area contributed by atoms with Crippen molar-refractivity contribution < 1.29 is 4.74 Å². The molecule has 1 aliphatic heterocycles. The molecular weight excluding hydrogens is 300 g/mol. The summed E-state index contributed by atoms with van der Waals surface area (Å²) < 4.78 is 6.47. The molecule has 1 saturated carbocycles. The molecule has 0 aromatic heterocycles. The van der Waals surface area contributed by atoms with Crippen LogP contribution in [0, 0.1) is 0 Å². The zero-order valence-corrected chi connectivity index (χ0v) is 14.1. The van der Waals surface area contributed by atoms with E-state index in [9.17, 15) is 0 Å². The molecule has 5 heteroatoms. The molecule has 0 bridgehead atoms. The van der Waals surface area contributed by atoms with Gasteiger partial charge in [0.15, 0.2) is 0 Å². The maximum atomic E-state index is 5.55. The van der Waals surface area contributed by atoms with Crippen LogP contribution in [0.4, 0.5) is 0 Å². The second kappa shape index (κ2) is 6.99. The Labute approximate surface area is 136 Å². The molecule has 2 fully saturated rings. The second-order valence-corrected chi connectivity index (χ2v) is 7.30. The fraction of sp³-hybridized carbons (Fsp3) is 0.562. The lowest BCUT2D eigenvalue weighted by Crippen LogP contribution is -2.48. The van der Waals surface area contributed by atoms with E-state index in [2.05, 4.69) is 21.9 Å². The number of methoxy groups -OCH3 is 1. The third-order valence-electron chi connectivity index (χ3n) is 4.36. The molecule has 1 aromatic carbocycles. The minimum atomic E-state index is 0.751. The van der Waals surface area contributed by atoms with E-state index in [0.717, 1.165) is 35.2 Å². The van der Waals surface area contributed by atoms with Gasteiger partial charge in [-0.15, -0.1) is 0 Å². The lowest BCUT2D eigenvalue weighted by molar-refractivity contribution is 0.154. The van der Waals surface area contributed by atoms with Crippen molar-refractivity contribution in [3.63, 3.8) is 0 Å². The van der Waals surface area contributed by atoms with E-state index in [-0.39, 0.29) is 0 Å². The Morgan fingerprint density at radius 3 is 2.81 bits per heavy atom. The molecule has 3 nitrogen and oxygen atoms in total. The van der Waals surface area contributed by atoms with E-state index in [1.165, 1.54) is 31.2 Å². The largest absolute Gasteiger partial charge is 0.496 e. The molecular formula is C16H22N2OS2. The van der Waals surface area contributed by atoms with Gasteiger partial charge in [-0.25, -0.2) is 0 Å². The van der Waals surface area contributed by atoms with Crippen molar-refractivity contribution in [3.8, 4) is 5.75 Å². The van der Waals surface area contributed by atoms with E-state index < -0.39 is 0 Å². The minimum absolute atomic E-state index is 0.751. The average Bonchev–Trinajstić information content (AvgIpc) is 3.04. The number of hydrogen-bond donors (Lipinski definition) is 0.